The highest BCUT2D eigenvalue weighted by Crippen LogP contribution is 2.26. The van der Waals surface area contributed by atoms with E-state index in [1.54, 1.807) is 12.1 Å². The molecular formula is C17H21N3O6S. The molecule has 146 valence electrons. The van der Waals surface area contributed by atoms with Crippen molar-refractivity contribution in [3.05, 3.63) is 47.9 Å². The molecular weight excluding hydrogens is 374 g/mol. The number of hydrogen-bond acceptors (Lipinski definition) is 6. The van der Waals surface area contributed by atoms with Crippen molar-refractivity contribution in [1.82, 2.24) is 14.9 Å². The minimum Gasteiger partial charge on any atom is -0.495 e. The summed E-state index contributed by atoms with van der Waals surface area (Å²) >= 11 is 0. The number of nitrogens with one attached hydrogen (secondary N) is 2. The highest BCUT2D eigenvalue weighted by molar-refractivity contribution is 7.89. The van der Waals surface area contributed by atoms with Gasteiger partial charge in [-0.3, -0.25) is 9.59 Å². The predicted octanol–water partition coefficient (Wildman–Crippen LogP) is 0.585. The highest BCUT2D eigenvalue weighted by Gasteiger charge is 2.24. The Hall–Kier alpha value is -2.85. The van der Waals surface area contributed by atoms with E-state index in [0.29, 0.717) is 5.76 Å². The standard InChI is InChI=1S/C17H21N3O6S/c1-20(2)27(23,24)15-9-12(6-7-14(15)25-3)17(22)19-11-16(21)18-10-13-5-4-8-26-13/h4-9H,10-11H2,1-3H3,(H,18,21)(H,19,22). The Bertz CT molecular complexity index is 907. The van der Waals surface area contributed by atoms with Crippen molar-refractivity contribution in [3.8, 4) is 5.75 Å². The summed E-state index contributed by atoms with van der Waals surface area (Å²) in [6.07, 6.45) is 1.49. The monoisotopic (exact) mass is 395 g/mol. The van der Waals surface area contributed by atoms with Gasteiger partial charge in [-0.05, 0) is 30.3 Å². The SMILES string of the molecule is COc1ccc(C(=O)NCC(=O)NCc2ccco2)cc1S(=O)(=O)N(C)C. The van der Waals surface area contributed by atoms with Crippen LogP contribution in [0.15, 0.2) is 45.9 Å². The van der Waals surface area contributed by atoms with E-state index in [1.807, 2.05) is 0 Å². The van der Waals surface area contributed by atoms with Gasteiger partial charge in [0.2, 0.25) is 15.9 Å². The Morgan fingerprint density at radius 1 is 1.19 bits per heavy atom. The number of carbonyl (C=O) groups excluding carboxylic acids is 2. The van der Waals surface area contributed by atoms with E-state index in [0.717, 1.165) is 4.31 Å². The van der Waals surface area contributed by atoms with Crippen LogP contribution in [0.1, 0.15) is 16.1 Å². The minimum absolute atomic E-state index is 0.0926. The predicted molar refractivity (Wildman–Crippen MR) is 96.8 cm³/mol. The first-order chi connectivity index (χ1) is 12.8. The number of sulfonamides is 1. The van der Waals surface area contributed by atoms with E-state index in [2.05, 4.69) is 10.6 Å². The molecule has 0 saturated heterocycles. The summed E-state index contributed by atoms with van der Waals surface area (Å²) in [6.45, 7) is -0.0587. The van der Waals surface area contributed by atoms with Crippen molar-refractivity contribution in [2.75, 3.05) is 27.7 Å². The number of amides is 2. The smallest absolute Gasteiger partial charge is 0.251 e. The number of nitrogens with zero attached hydrogens (tertiary/aromatic N) is 1. The second-order valence-corrected chi connectivity index (χ2v) is 7.81. The van der Waals surface area contributed by atoms with Gasteiger partial charge in [0.1, 0.15) is 16.4 Å². The van der Waals surface area contributed by atoms with Crippen LogP contribution < -0.4 is 15.4 Å². The topological polar surface area (TPSA) is 118 Å². The zero-order valence-corrected chi connectivity index (χ0v) is 16.0. The molecule has 0 spiro atoms. The zero-order valence-electron chi connectivity index (χ0n) is 15.2. The summed E-state index contributed by atoms with van der Waals surface area (Å²) in [5.74, 6) is -0.282. The normalized spacial score (nSPS) is 11.3. The molecule has 2 aromatic rings. The van der Waals surface area contributed by atoms with Crippen LogP contribution in [0.4, 0.5) is 0 Å². The van der Waals surface area contributed by atoms with Crippen molar-refractivity contribution in [1.29, 1.82) is 0 Å². The second-order valence-electron chi connectivity index (χ2n) is 5.69. The van der Waals surface area contributed by atoms with E-state index in [4.69, 9.17) is 9.15 Å². The lowest BCUT2D eigenvalue weighted by Gasteiger charge is -2.15. The molecule has 0 aliphatic rings. The van der Waals surface area contributed by atoms with Crippen molar-refractivity contribution in [3.63, 3.8) is 0 Å². The van der Waals surface area contributed by atoms with Crippen LogP contribution in [0.2, 0.25) is 0 Å². The molecule has 1 aromatic heterocycles. The Balaban J connectivity index is 2.04. The lowest BCUT2D eigenvalue weighted by atomic mass is 10.2. The van der Waals surface area contributed by atoms with Crippen LogP contribution in [0.5, 0.6) is 5.75 Å². The third-order valence-electron chi connectivity index (χ3n) is 3.63. The van der Waals surface area contributed by atoms with E-state index in [9.17, 15) is 18.0 Å². The maximum atomic E-state index is 12.4. The molecule has 0 aliphatic carbocycles. The van der Waals surface area contributed by atoms with E-state index < -0.39 is 21.8 Å². The zero-order chi connectivity index (χ0) is 20.0. The Morgan fingerprint density at radius 3 is 2.52 bits per heavy atom. The fourth-order valence-corrected chi connectivity index (χ4v) is 3.22. The third kappa shape index (κ3) is 5.08. The van der Waals surface area contributed by atoms with Gasteiger partial charge in [-0.1, -0.05) is 0 Å². The Morgan fingerprint density at radius 2 is 1.93 bits per heavy atom. The second kappa shape index (κ2) is 8.69. The van der Waals surface area contributed by atoms with Gasteiger partial charge in [0, 0.05) is 19.7 Å². The molecule has 0 aliphatic heterocycles. The number of hydrogen-bond donors (Lipinski definition) is 2. The molecule has 0 radical (unpaired) electrons. The van der Waals surface area contributed by atoms with Crippen molar-refractivity contribution >= 4 is 21.8 Å². The summed E-state index contributed by atoms with van der Waals surface area (Å²) in [6, 6.07) is 7.44. The van der Waals surface area contributed by atoms with Crippen LogP contribution in [0, 0.1) is 0 Å². The molecule has 1 heterocycles. The molecule has 0 unspecified atom stereocenters. The van der Waals surface area contributed by atoms with Crippen LogP contribution in [-0.4, -0.2) is 52.3 Å². The lowest BCUT2D eigenvalue weighted by molar-refractivity contribution is -0.120. The van der Waals surface area contributed by atoms with Gasteiger partial charge in [-0.2, -0.15) is 0 Å². The van der Waals surface area contributed by atoms with Crippen LogP contribution in [-0.2, 0) is 21.4 Å². The number of rotatable bonds is 8. The molecule has 0 saturated carbocycles. The number of ether oxygens (including phenoxy) is 1. The molecule has 9 nitrogen and oxygen atoms in total. The fraction of sp³-hybridized carbons (Fsp3) is 0.294. The van der Waals surface area contributed by atoms with Gasteiger partial charge in [0.15, 0.2) is 0 Å². The number of furan rings is 1. The summed E-state index contributed by atoms with van der Waals surface area (Å²) in [5, 5.41) is 5.03. The lowest BCUT2D eigenvalue weighted by Crippen LogP contribution is -2.36. The van der Waals surface area contributed by atoms with Gasteiger partial charge in [0.05, 0.1) is 26.5 Å². The molecule has 0 bridgehead atoms. The van der Waals surface area contributed by atoms with Crippen LogP contribution >= 0.6 is 0 Å². The van der Waals surface area contributed by atoms with E-state index in [-0.39, 0.29) is 29.3 Å². The first-order valence-corrected chi connectivity index (χ1v) is 9.37. The average molecular weight is 395 g/mol. The number of carbonyl (C=O) groups is 2. The van der Waals surface area contributed by atoms with Gasteiger partial charge in [-0.15, -0.1) is 0 Å². The van der Waals surface area contributed by atoms with Crippen LogP contribution in [0.3, 0.4) is 0 Å². The maximum Gasteiger partial charge on any atom is 0.251 e. The minimum atomic E-state index is -3.80. The summed E-state index contributed by atoms with van der Waals surface area (Å²) in [5.41, 5.74) is 0.0926. The Kier molecular flexibility index (Phi) is 6.59. The highest BCUT2D eigenvalue weighted by atomic mass is 32.2. The summed E-state index contributed by atoms with van der Waals surface area (Å²) in [4.78, 5) is 23.9. The summed E-state index contributed by atoms with van der Waals surface area (Å²) in [7, 11) is 0.298. The molecule has 10 heteroatoms. The van der Waals surface area contributed by atoms with Gasteiger partial charge < -0.3 is 19.8 Å². The molecule has 1 aromatic carbocycles. The van der Waals surface area contributed by atoms with Crippen molar-refractivity contribution < 1.29 is 27.2 Å². The van der Waals surface area contributed by atoms with Gasteiger partial charge >= 0.3 is 0 Å². The van der Waals surface area contributed by atoms with Gasteiger partial charge in [-0.25, -0.2) is 12.7 Å². The third-order valence-corrected chi connectivity index (χ3v) is 5.47. The van der Waals surface area contributed by atoms with Crippen molar-refractivity contribution in [2.45, 2.75) is 11.4 Å². The average Bonchev–Trinajstić information content (AvgIpc) is 3.17. The fourth-order valence-electron chi connectivity index (χ4n) is 2.14. The van der Waals surface area contributed by atoms with Crippen LogP contribution in [0.25, 0.3) is 0 Å². The quantitative estimate of drug-likeness (QED) is 0.675. The maximum absolute atomic E-state index is 12.4. The molecule has 2 rings (SSSR count). The number of methoxy groups -OCH3 is 1. The number of benzene rings is 1. The molecule has 27 heavy (non-hydrogen) atoms. The van der Waals surface area contributed by atoms with E-state index in [1.165, 1.54) is 45.7 Å². The first-order valence-electron chi connectivity index (χ1n) is 7.93. The Labute approximate surface area is 157 Å². The van der Waals surface area contributed by atoms with Gasteiger partial charge in [0.25, 0.3) is 5.91 Å². The largest absolute Gasteiger partial charge is 0.495 e. The first kappa shape index (κ1) is 20.5. The molecule has 0 fully saturated rings. The van der Waals surface area contributed by atoms with Crippen molar-refractivity contribution in [2.24, 2.45) is 0 Å². The molecule has 2 N–H and O–H groups in total. The van der Waals surface area contributed by atoms with E-state index >= 15 is 0 Å². The summed E-state index contributed by atoms with van der Waals surface area (Å²) < 4.78 is 36.0. The molecule has 2 amide bonds. The molecule has 0 atom stereocenters.